The predicted octanol–water partition coefficient (Wildman–Crippen LogP) is 2.95. The van der Waals surface area contributed by atoms with Crippen LogP contribution in [0.1, 0.15) is 52.0 Å². The van der Waals surface area contributed by atoms with Gasteiger partial charge in [0.2, 0.25) is 0 Å². The van der Waals surface area contributed by atoms with Crippen LogP contribution in [0.25, 0.3) is 5.57 Å². The molecule has 1 aliphatic heterocycles. The average molecular weight is 240 g/mol. The summed E-state index contributed by atoms with van der Waals surface area (Å²) in [6.45, 7) is 0. The van der Waals surface area contributed by atoms with Crippen molar-refractivity contribution in [2.45, 2.75) is 25.7 Å². The standard InChI is InChI=1S/C15H12O3/c16-14-11-4-3-10(7-13(11)15(17)18-14)12-6-8-1-2-9(12)5-8/h3-4,7-8H,1-2,5-6H2. The van der Waals surface area contributed by atoms with Crippen LogP contribution in [0, 0.1) is 5.92 Å². The first-order chi connectivity index (χ1) is 8.72. The van der Waals surface area contributed by atoms with Crippen molar-refractivity contribution in [3.63, 3.8) is 0 Å². The second-order valence-corrected chi connectivity index (χ2v) is 5.33. The van der Waals surface area contributed by atoms with Crippen molar-refractivity contribution in [2.24, 2.45) is 5.92 Å². The van der Waals surface area contributed by atoms with Gasteiger partial charge in [0.25, 0.3) is 0 Å². The van der Waals surface area contributed by atoms with Gasteiger partial charge in [-0.25, -0.2) is 9.59 Å². The third-order valence-electron chi connectivity index (χ3n) is 4.30. The number of allylic oxidation sites excluding steroid dienone is 2. The van der Waals surface area contributed by atoms with Crippen LogP contribution < -0.4 is 0 Å². The molecule has 18 heavy (non-hydrogen) atoms. The lowest BCUT2D eigenvalue weighted by Gasteiger charge is -2.12. The molecule has 2 aliphatic carbocycles. The molecule has 1 atom stereocenters. The van der Waals surface area contributed by atoms with Crippen molar-refractivity contribution in [3.8, 4) is 0 Å². The molecular weight excluding hydrogens is 228 g/mol. The summed E-state index contributed by atoms with van der Waals surface area (Å²) in [5.74, 6) is -0.227. The van der Waals surface area contributed by atoms with Crippen LogP contribution in [0.2, 0.25) is 0 Å². The van der Waals surface area contributed by atoms with Crippen LogP contribution in [-0.4, -0.2) is 11.9 Å². The Balaban J connectivity index is 1.83. The molecule has 0 spiro atoms. The van der Waals surface area contributed by atoms with E-state index in [9.17, 15) is 9.59 Å². The maximum absolute atomic E-state index is 11.5. The second kappa shape index (κ2) is 3.31. The zero-order valence-corrected chi connectivity index (χ0v) is 9.86. The maximum Gasteiger partial charge on any atom is 0.346 e. The van der Waals surface area contributed by atoms with Crippen LogP contribution >= 0.6 is 0 Å². The monoisotopic (exact) mass is 240 g/mol. The maximum atomic E-state index is 11.5. The number of carbonyl (C=O) groups excluding carboxylic acids is 2. The van der Waals surface area contributed by atoms with Crippen molar-refractivity contribution in [3.05, 3.63) is 40.5 Å². The summed E-state index contributed by atoms with van der Waals surface area (Å²) in [6.07, 6.45) is 4.84. The molecule has 0 saturated heterocycles. The lowest BCUT2D eigenvalue weighted by atomic mass is 9.92. The molecule has 4 rings (SSSR count). The fourth-order valence-corrected chi connectivity index (χ4v) is 3.41. The molecule has 1 saturated carbocycles. The van der Waals surface area contributed by atoms with E-state index in [1.54, 1.807) is 6.07 Å². The SMILES string of the molecule is O=C1OC(=O)c2cc(C3=C4CCC(C4)C3)ccc21. The van der Waals surface area contributed by atoms with Gasteiger partial charge in [-0.1, -0.05) is 11.6 Å². The van der Waals surface area contributed by atoms with E-state index in [0.29, 0.717) is 11.1 Å². The average Bonchev–Trinajstić information content (AvgIpc) is 3.05. The van der Waals surface area contributed by atoms with E-state index in [1.807, 2.05) is 12.1 Å². The first-order valence-electron chi connectivity index (χ1n) is 6.34. The van der Waals surface area contributed by atoms with Gasteiger partial charge in [-0.15, -0.1) is 0 Å². The molecule has 3 heteroatoms. The van der Waals surface area contributed by atoms with Crippen LogP contribution in [0.5, 0.6) is 0 Å². The van der Waals surface area contributed by atoms with Crippen molar-refractivity contribution in [2.75, 3.05) is 0 Å². The quantitative estimate of drug-likeness (QED) is 0.560. The number of hydrogen-bond donors (Lipinski definition) is 0. The molecule has 1 heterocycles. The zero-order valence-electron chi connectivity index (χ0n) is 9.86. The molecule has 1 fully saturated rings. The Labute approximate surface area is 104 Å². The van der Waals surface area contributed by atoms with Gasteiger partial charge >= 0.3 is 11.9 Å². The van der Waals surface area contributed by atoms with Crippen molar-refractivity contribution in [1.82, 2.24) is 0 Å². The van der Waals surface area contributed by atoms with Gasteiger partial charge in [-0.2, -0.15) is 0 Å². The topological polar surface area (TPSA) is 43.4 Å². The Morgan fingerprint density at radius 3 is 2.61 bits per heavy atom. The Morgan fingerprint density at radius 1 is 1.06 bits per heavy atom. The van der Waals surface area contributed by atoms with Gasteiger partial charge in [0.05, 0.1) is 11.1 Å². The van der Waals surface area contributed by atoms with Crippen molar-refractivity contribution in [1.29, 1.82) is 0 Å². The third kappa shape index (κ3) is 1.24. The minimum absolute atomic E-state index is 0.400. The molecule has 3 nitrogen and oxygen atoms in total. The lowest BCUT2D eigenvalue weighted by molar-refractivity contribution is 0.0444. The number of esters is 2. The van der Waals surface area contributed by atoms with E-state index in [2.05, 4.69) is 4.74 Å². The van der Waals surface area contributed by atoms with Gasteiger partial charge in [0.15, 0.2) is 0 Å². The van der Waals surface area contributed by atoms with E-state index >= 15 is 0 Å². The molecule has 1 aromatic rings. The molecule has 2 bridgehead atoms. The number of benzene rings is 1. The number of ether oxygens (including phenoxy) is 1. The van der Waals surface area contributed by atoms with Crippen LogP contribution in [0.15, 0.2) is 23.8 Å². The summed E-state index contributed by atoms with van der Waals surface area (Å²) in [4.78, 5) is 22.9. The number of carbonyl (C=O) groups is 2. The molecule has 0 N–H and O–H groups in total. The number of cyclic esters (lactones) is 2. The first-order valence-corrected chi connectivity index (χ1v) is 6.34. The summed E-state index contributed by atoms with van der Waals surface area (Å²) >= 11 is 0. The molecule has 90 valence electrons. The smallest absolute Gasteiger partial charge is 0.346 e. The highest BCUT2D eigenvalue weighted by molar-refractivity contribution is 6.15. The lowest BCUT2D eigenvalue weighted by Crippen LogP contribution is -1.98. The van der Waals surface area contributed by atoms with Crippen LogP contribution in [-0.2, 0) is 4.74 Å². The highest BCUT2D eigenvalue weighted by atomic mass is 16.6. The Bertz CT molecular complexity index is 625. The third-order valence-corrected chi connectivity index (χ3v) is 4.30. The van der Waals surface area contributed by atoms with E-state index in [-0.39, 0.29) is 0 Å². The van der Waals surface area contributed by atoms with Crippen molar-refractivity contribution >= 4 is 17.5 Å². The van der Waals surface area contributed by atoms with Gasteiger partial charge < -0.3 is 4.74 Å². The molecule has 0 radical (unpaired) electrons. The highest BCUT2D eigenvalue weighted by Crippen LogP contribution is 2.48. The Morgan fingerprint density at radius 2 is 1.89 bits per heavy atom. The number of fused-ring (bicyclic) bond motifs is 3. The molecule has 0 aromatic heterocycles. The normalized spacial score (nSPS) is 24.8. The Kier molecular flexibility index (Phi) is 1.85. The van der Waals surface area contributed by atoms with Gasteiger partial charge in [0.1, 0.15) is 0 Å². The molecule has 1 aromatic carbocycles. The van der Waals surface area contributed by atoms with Crippen LogP contribution in [0.3, 0.4) is 0 Å². The van der Waals surface area contributed by atoms with Gasteiger partial charge in [-0.05, 0) is 54.9 Å². The van der Waals surface area contributed by atoms with E-state index in [0.717, 1.165) is 17.9 Å². The molecular formula is C15H12O3. The Hall–Kier alpha value is -1.90. The first kappa shape index (κ1) is 10.1. The van der Waals surface area contributed by atoms with Gasteiger partial charge in [0, 0.05) is 0 Å². The highest BCUT2D eigenvalue weighted by Gasteiger charge is 2.33. The second-order valence-electron chi connectivity index (χ2n) is 5.33. The minimum Gasteiger partial charge on any atom is -0.386 e. The van der Waals surface area contributed by atoms with E-state index in [1.165, 1.54) is 30.4 Å². The molecule has 3 aliphatic rings. The summed E-state index contributed by atoms with van der Waals surface area (Å²) in [6, 6.07) is 5.49. The summed E-state index contributed by atoms with van der Waals surface area (Å²) in [5, 5.41) is 0. The zero-order chi connectivity index (χ0) is 12.3. The predicted molar refractivity (Wildman–Crippen MR) is 65.1 cm³/mol. The van der Waals surface area contributed by atoms with E-state index in [4.69, 9.17) is 0 Å². The number of hydrogen-bond acceptors (Lipinski definition) is 3. The molecule has 1 unspecified atom stereocenters. The summed E-state index contributed by atoms with van der Waals surface area (Å²) < 4.78 is 4.62. The number of rotatable bonds is 1. The summed E-state index contributed by atoms with van der Waals surface area (Å²) in [5.41, 5.74) is 4.85. The fourth-order valence-electron chi connectivity index (χ4n) is 3.41. The minimum atomic E-state index is -0.521. The van der Waals surface area contributed by atoms with E-state index < -0.39 is 11.9 Å². The van der Waals surface area contributed by atoms with Crippen molar-refractivity contribution < 1.29 is 14.3 Å². The largest absolute Gasteiger partial charge is 0.386 e. The fraction of sp³-hybridized carbons (Fsp3) is 0.333. The summed E-state index contributed by atoms with van der Waals surface area (Å²) in [7, 11) is 0. The van der Waals surface area contributed by atoms with Crippen LogP contribution in [0.4, 0.5) is 0 Å². The molecule has 0 amide bonds. The van der Waals surface area contributed by atoms with Gasteiger partial charge in [-0.3, -0.25) is 0 Å².